The van der Waals surface area contributed by atoms with Gasteiger partial charge in [0.15, 0.2) is 0 Å². The minimum Gasteiger partial charge on any atom is -0.334 e. The Balaban J connectivity index is 1.46. The van der Waals surface area contributed by atoms with E-state index in [9.17, 15) is 13.2 Å². The first-order valence-corrected chi connectivity index (χ1v) is 12.1. The van der Waals surface area contributed by atoms with Crippen LogP contribution in [0.1, 0.15) is 41.6 Å². The number of hydrogen-bond acceptors (Lipinski definition) is 4. The maximum atomic E-state index is 13.1. The van der Waals surface area contributed by atoms with E-state index in [1.165, 1.54) is 25.0 Å². The molecule has 2 aliphatic rings. The smallest absolute Gasteiger partial charge is 0.261 e. The van der Waals surface area contributed by atoms with Crippen LogP contribution in [0.3, 0.4) is 0 Å². The van der Waals surface area contributed by atoms with Crippen molar-refractivity contribution in [3.8, 4) is 0 Å². The van der Waals surface area contributed by atoms with Gasteiger partial charge in [-0.1, -0.05) is 18.2 Å². The molecule has 160 valence electrons. The van der Waals surface area contributed by atoms with Crippen molar-refractivity contribution < 1.29 is 13.2 Å². The van der Waals surface area contributed by atoms with Crippen molar-refractivity contribution in [2.75, 3.05) is 30.9 Å². The first kappa shape index (κ1) is 20.9. The molecule has 30 heavy (non-hydrogen) atoms. The summed E-state index contributed by atoms with van der Waals surface area (Å²) in [5, 5.41) is 0. The molecule has 1 atom stereocenters. The minimum absolute atomic E-state index is 0.00694. The van der Waals surface area contributed by atoms with Crippen molar-refractivity contribution >= 4 is 21.6 Å². The molecule has 0 aromatic heterocycles. The number of likely N-dealkylation sites (tertiary alicyclic amines) is 2. The van der Waals surface area contributed by atoms with Crippen LogP contribution in [0.5, 0.6) is 0 Å². The van der Waals surface area contributed by atoms with Gasteiger partial charge in [-0.15, -0.1) is 0 Å². The van der Waals surface area contributed by atoms with Crippen LogP contribution in [0, 0.1) is 6.92 Å². The molecule has 4 rings (SSSR count). The van der Waals surface area contributed by atoms with Crippen LogP contribution in [0.2, 0.25) is 0 Å². The normalized spacial score (nSPS) is 19.9. The van der Waals surface area contributed by atoms with Gasteiger partial charge in [-0.3, -0.25) is 9.52 Å². The number of aryl methyl sites for hydroxylation is 1. The molecule has 2 aromatic rings. The van der Waals surface area contributed by atoms with E-state index in [1.54, 1.807) is 24.3 Å². The molecule has 1 N–H and O–H groups in total. The number of carbonyl (C=O) groups is 1. The van der Waals surface area contributed by atoms with Crippen LogP contribution in [-0.2, 0) is 10.0 Å². The van der Waals surface area contributed by atoms with Crippen molar-refractivity contribution in [3.63, 3.8) is 0 Å². The number of nitrogens with zero attached hydrogens (tertiary/aromatic N) is 2. The topological polar surface area (TPSA) is 69.7 Å². The van der Waals surface area contributed by atoms with Gasteiger partial charge in [0.25, 0.3) is 15.9 Å². The Kier molecular flexibility index (Phi) is 6.11. The third-order valence-corrected chi connectivity index (χ3v) is 7.49. The second-order valence-electron chi connectivity index (χ2n) is 8.25. The van der Waals surface area contributed by atoms with Gasteiger partial charge in [-0.2, -0.15) is 0 Å². The fourth-order valence-corrected chi connectivity index (χ4v) is 5.52. The van der Waals surface area contributed by atoms with Crippen LogP contribution < -0.4 is 4.72 Å². The number of anilines is 1. The van der Waals surface area contributed by atoms with Crippen molar-refractivity contribution in [2.24, 2.45) is 0 Å². The van der Waals surface area contributed by atoms with E-state index in [0.29, 0.717) is 11.3 Å². The van der Waals surface area contributed by atoms with Gasteiger partial charge in [0.1, 0.15) is 0 Å². The van der Waals surface area contributed by atoms with Crippen molar-refractivity contribution in [3.05, 3.63) is 59.7 Å². The fourth-order valence-electron chi connectivity index (χ4n) is 4.39. The average molecular weight is 428 g/mol. The summed E-state index contributed by atoms with van der Waals surface area (Å²) in [6.45, 7) is 5.82. The number of benzene rings is 2. The number of para-hydroxylation sites is 1. The van der Waals surface area contributed by atoms with Crippen molar-refractivity contribution in [2.45, 2.75) is 43.5 Å². The highest BCUT2D eigenvalue weighted by molar-refractivity contribution is 7.92. The molecular formula is C23H29N3O3S. The highest BCUT2D eigenvalue weighted by Crippen LogP contribution is 2.24. The zero-order chi connectivity index (χ0) is 21.1. The molecule has 0 spiro atoms. The van der Waals surface area contributed by atoms with Gasteiger partial charge in [-0.05, 0) is 81.6 Å². The van der Waals surface area contributed by atoms with Gasteiger partial charge in [0.05, 0.1) is 10.6 Å². The summed E-state index contributed by atoms with van der Waals surface area (Å²) < 4.78 is 28.1. The molecule has 2 saturated heterocycles. The third kappa shape index (κ3) is 4.52. The molecule has 0 bridgehead atoms. The van der Waals surface area contributed by atoms with E-state index < -0.39 is 10.0 Å². The summed E-state index contributed by atoms with van der Waals surface area (Å²) in [7, 11) is -3.71. The SMILES string of the molecule is Cc1ccccc1NS(=O)(=O)c1ccc(C(=O)N2CCCC2CN2CCCC2)cc1. The number of rotatable bonds is 6. The van der Waals surface area contributed by atoms with Gasteiger partial charge < -0.3 is 9.80 Å². The molecule has 2 aliphatic heterocycles. The molecule has 2 aromatic carbocycles. The Morgan fingerprint density at radius 2 is 1.70 bits per heavy atom. The lowest BCUT2D eigenvalue weighted by Gasteiger charge is -2.28. The number of carbonyl (C=O) groups excluding carboxylic acids is 1. The molecule has 0 radical (unpaired) electrons. The molecule has 2 heterocycles. The number of sulfonamides is 1. The molecule has 2 fully saturated rings. The van der Waals surface area contributed by atoms with Crippen LogP contribution >= 0.6 is 0 Å². The Morgan fingerprint density at radius 1 is 1.00 bits per heavy atom. The maximum Gasteiger partial charge on any atom is 0.261 e. The quantitative estimate of drug-likeness (QED) is 0.766. The second kappa shape index (κ2) is 8.78. The lowest BCUT2D eigenvalue weighted by Crippen LogP contribution is -2.42. The minimum atomic E-state index is -3.71. The standard InChI is InChI=1S/C23H29N3O3S/c1-18-7-2-3-9-22(18)24-30(28,29)21-12-10-19(11-13-21)23(27)26-16-6-8-20(26)17-25-14-4-5-15-25/h2-3,7,9-13,20,24H,4-6,8,14-17H2,1H3. The van der Waals surface area contributed by atoms with Crippen LogP contribution in [-0.4, -0.2) is 56.3 Å². The summed E-state index contributed by atoms with van der Waals surface area (Å²) in [6.07, 6.45) is 4.55. The maximum absolute atomic E-state index is 13.1. The van der Waals surface area contributed by atoms with E-state index in [-0.39, 0.29) is 16.8 Å². The number of nitrogens with one attached hydrogen (secondary N) is 1. The van der Waals surface area contributed by atoms with Gasteiger partial charge in [0, 0.05) is 24.7 Å². The van der Waals surface area contributed by atoms with E-state index in [0.717, 1.165) is 44.6 Å². The van der Waals surface area contributed by atoms with E-state index in [4.69, 9.17) is 0 Å². The summed E-state index contributed by atoms with van der Waals surface area (Å²) in [5.41, 5.74) is 1.95. The van der Waals surface area contributed by atoms with Gasteiger partial charge in [-0.25, -0.2) is 8.42 Å². The lowest BCUT2D eigenvalue weighted by molar-refractivity contribution is 0.0708. The van der Waals surface area contributed by atoms with Crippen LogP contribution in [0.4, 0.5) is 5.69 Å². The summed E-state index contributed by atoms with van der Waals surface area (Å²) in [5.74, 6) is -0.00694. The van der Waals surface area contributed by atoms with Gasteiger partial charge >= 0.3 is 0 Å². The molecule has 7 heteroatoms. The Labute approximate surface area is 178 Å². The monoisotopic (exact) mass is 427 g/mol. The van der Waals surface area contributed by atoms with E-state index in [2.05, 4.69) is 9.62 Å². The summed E-state index contributed by atoms with van der Waals surface area (Å²) >= 11 is 0. The van der Waals surface area contributed by atoms with E-state index in [1.807, 2.05) is 24.0 Å². The van der Waals surface area contributed by atoms with E-state index >= 15 is 0 Å². The molecular weight excluding hydrogens is 398 g/mol. The molecule has 1 amide bonds. The molecule has 0 saturated carbocycles. The average Bonchev–Trinajstić information content (AvgIpc) is 3.42. The Hall–Kier alpha value is -2.38. The molecule has 0 aliphatic carbocycles. The first-order chi connectivity index (χ1) is 14.4. The van der Waals surface area contributed by atoms with Crippen molar-refractivity contribution in [1.29, 1.82) is 0 Å². The lowest BCUT2D eigenvalue weighted by atomic mass is 10.1. The molecule has 1 unspecified atom stereocenters. The first-order valence-electron chi connectivity index (χ1n) is 10.7. The van der Waals surface area contributed by atoms with Gasteiger partial charge in [0.2, 0.25) is 0 Å². The second-order valence-corrected chi connectivity index (χ2v) is 9.93. The summed E-state index contributed by atoms with van der Waals surface area (Å²) in [6, 6.07) is 13.8. The number of hydrogen-bond donors (Lipinski definition) is 1. The van der Waals surface area contributed by atoms with Crippen molar-refractivity contribution in [1.82, 2.24) is 9.80 Å². The Bertz CT molecular complexity index is 999. The third-order valence-electron chi connectivity index (χ3n) is 6.11. The zero-order valence-corrected chi connectivity index (χ0v) is 18.2. The highest BCUT2D eigenvalue weighted by Gasteiger charge is 2.31. The molecule has 6 nitrogen and oxygen atoms in total. The largest absolute Gasteiger partial charge is 0.334 e. The van der Waals surface area contributed by atoms with Crippen LogP contribution in [0.15, 0.2) is 53.4 Å². The summed E-state index contributed by atoms with van der Waals surface area (Å²) in [4.78, 5) is 17.6. The fraction of sp³-hybridized carbons (Fsp3) is 0.435. The predicted octanol–water partition coefficient (Wildman–Crippen LogP) is 3.50. The zero-order valence-electron chi connectivity index (χ0n) is 17.4. The Morgan fingerprint density at radius 3 is 2.40 bits per heavy atom. The highest BCUT2D eigenvalue weighted by atomic mass is 32.2. The van der Waals surface area contributed by atoms with Crippen LogP contribution in [0.25, 0.3) is 0 Å². The predicted molar refractivity (Wildman–Crippen MR) is 118 cm³/mol. The number of amides is 1.